The van der Waals surface area contributed by atoms with Gasteiger partial charge >= 0.3 is 0 Å². The minimum atomic E-state index is 0.189. The van der Waals surface area contributed by atoms with Crippen LogP contribution in [0.3, 0.4) is 0 Å². The number of rotatable bonds is 8. The van der Waals surface area contributed by atoms with Gasteiger partial charge in [0.1, 0.15) is 0 Å². The molecule has 3 rings (SSSR count). The van der Waals surface area contributed by atoms with Gasteiger partial charge in [0.25, 0.3) is 0 Å². The zero-order valence-corrected chi connectivity index (χ0v) is 13.8. The monoisotopic (exact) mass is 310 g/mol. The fourth-order valence-corrected chi connectivity index (χ4v) is 3.07. The van der Waals surface area contributed by atoms with E-state index in [4.69, 9.17) is 0 Å². The number of hydrogen-bond donors (Lipinski definition) is 2. The summed E-state index contributed by atoms with van der Waals surface area (Å²) in [5.74, 6) is 0.948. The molecular formula is C20H26N2O. The van der Waals surface area contributed by atoms with Crippen molar-refractivity contribution in [3.8, 4) is 0 Å². The molecule has 0 aliphatic heterocycles. The number of pyridine rings is 1. The van der Waals surface area contributed by atoms with Crippen LogP contribution in [0.4, 0.5) is 0 Å². The maximum Gasteiger partial charge on any atom is 0.0475 e. The first-order chi connectivity index (χ1) is 11.3. The Balaban J connectivity index is 1.60. The van der Waals surface area contributed by atoms with Gasteiger partial charge in [-0.15, -0.1) is 0 Å². The molecule has 0 spiro atoms. The Hall–Kier alpha value is -1.71. The van der Waals surface area contributed by atoms with Gasteiger partial charge in [0.05, 0.1) is 0 Å². The molecule has 23 heavy (non-hydrogen) atoms. The molecule has 2 atom stereocenters. The van der Waals surface area contributed by atoms with Crippen molar-refractivity contribution in [1.82, 2.24) is 10.3 Å². The Morgan fingerprint density at radius 3 is 2.57 bits per heavy atom. The van der Waals surface area contributed by atoms with Crippen LogP contribution in [0.1, 0.15) is 35.7 Å². The summed E-state index contributed by atoms with van der Waals surface area (Å²) >= 11 is 0. The predicted octanol–water partition coefficient (Wildman–Crippen LogP) is 3.28. The third kappa shape index (κ3) is 4.63. The molecule has 1 aliphatic carbocycles. The van der Waals surface area contributed by atoms with Crippen molar-refractivity contribution < 1.29 is 5.11 Å². The molecule has 0 saturated heterocycles. The second-order valence-electron chi connectivity index (χ2n) is 6.71. The van der Waals surface area contributed by atoms with Gasteiger partial charge in [-0.25, -0.2) is 0 Å². The van der Waals surface area contributed by atoms with E-state index in [1.54, 1.807) is 0 Å². The fourth-order valence-electron chi connectivity index (χ4n) is 3.07. The molecular weight excluding hydrogens is 284 g/mol. The van der Waals surface area contributed by atoms with E-state index in [2.05, 4.69) is 41.5 Å². The third-order valence-electron chi connectivity index (χ3n) is 4.64. The summed E-state index contributed by atoms with van der Waals surface area (Å²) in [7, 11) is 0. The summed E-state index contributed by atoms with van der Waals surface area (Å²) < 4.78 is 0. The van der Waals surface area contributed by atoms with Crippen molar-refractivity contribution in [3.63, 3.8) is 0 Å². The Labute approximate surface area is 138 Å². The van der Waals surface area contributed by atoms with Crippen LogP contribution in [0.5, 0.6) is 0 Å². The van der Waals surface area contributed by atoms with Crippen molar-refractivity contribution in [2.24, 2.45) is 11.8 Å². The highest BCUT2D eigenvalue weighted by Gasteiger charge is 2.32. The average molecular weight is 310 g/mol. The van der Waals surface area contributed by atoms with Gasteiger partial charge in [-0.05, 0) is 55.7 Å². The van der Waals surface area contributed by atoms with E-state index in [0.717, 1.165) is 24.6 Å². The van der Waals surface area contributed by atoms with Crippen LogP contribution >= 0.6 is 0 Å². The van der Waals surface area contributed by atoms with Crippen LogP contribution in [0.15, 0.2) is 48.7 Å². The number of nitrogens with one attached hydrogen (secondary N) is 1. The summed E-state index contributed by atoms with van der Waals surface area (Å²) in [5.41, 5.74) is 3.71. The summed E-state index contributed by atoms with van der Waals surface area (Å²) in [5, 5.41) is 13.4. The molecule has 3 nitrogen and oxygen atoms in total. The topological polar surface area (TPSA) is 45.1 Å². The van der Waals surface area contributed by atoms with Crippen LogP contribution in [-0.4, -0.2) is 23.2 Å². The first-order valence-electron chi connectivity index (χ1n) is 8.57. The summed E-state index contributed by atoms with van der Waals surface area (Å²) in [6.45, 7) is 3.13. The third-order valence-corrected chi connectivity index (χ3v) is 4.64. The maximum absolute atomic E-state index is 9.69. The van der Waals surface area contributed by atoms with Crippen LogP contribution in [-0.2, 0) is 6.42 Å². The highest BCUT2D eigenvalue weighted by molar-refractivity contribution is 5.25. The van der Waals surface area contributed by atoms with Crippen LogP contribution in [0.2, 0.25) is 0 Å². The maximum atomic E-state index is 9.69. The van der Waals surface area contributed by atoms with Gasteiger partial charge in [-0.1, -0.05) is 35.9 Å². The Kier molecular flexibility index (Phi) is 5.42. The number of aliphatic hydroxyl groups excluding tert-OH is 1. The Bertz CT molecular complexity index is 593. The molecule has 1 aromatic heterocycles. The number of aryl methyl sites for hydroxylation is 1. The summed E-state index contributed by atoms with van der Waals surface area (Å²) in [6.07, 6.45) is 5.23. The second-order valence-corrected chi connectivity index (χ2v) is 6.71. The van der Waals surface area contributed by atoms with E-state index in [-0.39, 0.29) is 12.5 Å². The molecule has 2 N–H and O–H groups in total. The van der Waals surface area contributed by atoms with E-state index in [9.17, 15) is 5.11 Å². The number of benzene rings is 1. The van der Waals surface area contributed by atoms with E-state index >= 15 is 0 Å². The number of aliphatic hydroxyl groups is 1. The molecule has 0 amide bonds. The highest BCUT2D eigenvalue weighted by atomic mass is 16.3. The zero-order chi connectivity index (χ0) is 16.1. The SMILES string of the molecule is Cc1ccc(C(NCC(CO)Cc2ccccn2)C2CC2)cc1. The standard InChI is InChI=1S/C20H26N2O/c1-15-5-7-17(8-6-15)20(18-9-10-18)22-13-16(14-23)12-19-4-2-3-11-21-19/h2-8,11,16,18,20,22-23H,9-10,12-14H2,1H3. The predicted molar refractivity (Wildman–Crippen MR) is 93.2 cm³/mol. The largest absolute Gasteiger partial charge is 0.396 e. The van der Waals surface area contributed by atoms with Crippen LogP contribution < -0.4 is 5.32 Å². The molecule has 122 valence electrons. The molecule has 3 heteroatoms. The molecule has 1 aromatic carbocycles. The lowest BCUT2D eigenvalue weighted by atomic mass is 9.98. The smallest absolute Gasteiger partial charge is 0.0475 e. The molecule has 1 heterocycles. The lowest BCUT2D eigenvalue weighted by Gasteiger charge is -2.22. The zero-order valence-electron chi connectivity index (χ0n) is 13.8. The van der Waals surface area contributed by atoms with Gasteiger partial charge in [-0.3, -0.25) is 4.98 Å². The van der Waals surface area contributed by atoms with Crippen molar-refractivity contribution in [2.45, 2.75) is 32.2 Å². The number of aromatic nitrogens is 1. The van der Waals surface area contributed by atoms with E-state index < -0.39 is 0 Å². The van der Waals surface area contributed by atoms with Gasteiger partial charge in [0, 0.05) is 31.1 Å². The van der Waals surface area contributed by atoms with Crippen molar-refractivity contribution in [3.05, 3.63) is 65.5 Å². The highest BCUT2D eigenvalue weighted by Crippen LogP contribution is 2.41. The number of nitrogens with zero attached hydrogens (tertiary/aromatic N) is 1. The van der Waals surface area contributed by atoms with E-state index in [1.165, 1.54) is 24.0 Å². The summed E-state index contributed by atoms with van der Waals surface area (Å²) in [6, 6.07) is 15.2. The molecule has 0 radical (unpaired) electrons. The Morgan fingerprint density at radius 2 is 1.96 bits per heavy atom. The molecule has 0 bridgehead atoms. The fraction of sp³-hybridized carbons (Fsp3) is 0.450. The molecule has 1 saturated carbocycles. The van der Waals surface area contributed by atoms with Gasteiger partial charge in [0.2, 0.25) is 0 Å². The molecule has 2 aromatic rings. The van der Waals surface area contributed by atoms with Crippen molar-refractivity contribution in [1.29, 1.82) is 0 Å². The van der Waals surface area contributed by atoms with Crippen LogP contribution in [0.25, 0.3) is 0 Å². The van der Waals surface area contributed by atoms with Gasteiger partial charge in [0.15, 0.2) is 0 Å². The second kappa shape index (κ2) is 7.71. The average Bonchev–Trinajstić information content (AvgIpc) is 3.41. The first kappa shape index (κ1) is 16.2. The number of hydrogen-bond acceptors (Lipinski definition) is 3. The van der Waals surface area contributed by atoms with Gasteiger partial charge < -0.3 is 10.4 Å². The van der Waals surface area contributed by atoms with Crippen molar-refractivity contribution in [2.75, 3.05) is 13.2 Å². The van der Waals surface area contributed by atoms with E-state index in [1.807, 2.05) is 24.4 Å². The molecule has 2 unspecified atom stereocenters. The normalized spacial score (nSPS) is 17.0. The van der Waals surface area contributed by atoms with E-state index in [0.29, 0.717) is 6.04 Å². The quantitative estimate of drug-likeness (QED) is 0.786. The summed E-state index contributed by atoms with van der Waals surface area (Å²) in [4.78, 5) is 4.37. The van der Waals surface area contributed by atoms with Crippen LogP contribution in [0, 0.1) is 18.8 Å². The van der Waals surface area contributed by atoms with Crippen molar-refractivity contribution >= 4 is 0 Å². The minimum absolute atomic E-state index is 0.189. The minimum Gasteiger partial charge on any atom is -0.396 e. The lowest BCUT2D eigenvalue weighted by molar-refractivity contribution is 0.215. The Morgan fingerprint density at radius 1 is 1.17 bits per heavy atom. The molecule has 1 aliphatic rings. The molecule has 1 fully saturated rings. The lowest BCUT2D eigenvalue weighted by Crippen LogP contribution is -2.31. The van der Waals surface area contributed by atoms with Gasteiger partial charge in [-0.2, -0.15) is 0 Å². The first-order valence-corrected chi connectivity index (χ1v) is 8.57.